The van der Waals surface area contributed by atoms with Gasteiger partial charge in [-0.15, -0.1) is 11.3 Å². The predicted molar refractivity (Wildman–Crippen MR) is 85.1 cm³/mol. The minimum atomic E-state index is -0.177. The summed E-state index contributed by atoms with van der Waals surface area (Å²) in [5.74, 6) is -0.289. The zero-order chi connectivity index (χ0) is 14.9. The summed E-state index contributed by atoms with van der Waals surface area (Å²) in [4.78, 5) is 23.9. The molecular formula is C16H16N2O2S. The van der Waals surface area contributed by atoms with Gasteiger partial charge in [0.05, 0.1) is 4.88 Å². The molecule has 0 fully saturated rings. The highest BCUT2D eigenvalue weighted by Gasteiger charge is 2.04. The summed E-state index contributed by atoms with van der Waals surface area (Å²) < 4.78 is 0. The number of rotatable bonds is 6. The summed E-state index contributed by atoms with van der Waals surface area (Å²) in [5, 5.41) is 7.32. The van der Waals surface area contributed by atoms with E-state index in [2.05, 4.69) is 10.6 Å². The quantitative estimate of drug-likeness (QED) is 0.635. The van der Waals surface area contributed by atoms with Crippen LogP contribution in [0.4, 0.5) is 0 Å². The van der Waals surface area contributed by atoms with Crippen LogP contribution in [0.15, 0.2) is 53.9 Å². The Morgan fingerprint density at radius 3 is 2.48 bits per heavy atom. The number of hydrogen-bond acceptors (Lipinski definition) is 3. The van der Waals surface area contributed by atoms with Gasteiger partial charge in [0.15, 0.2) is 0 Å². The molecule has 0 saturated carbocycles. The molecule has 1 aromatic heterocycles. The highest BCUT2D eigenvalue weighted by Crippen LogP contribution is 2.07. The van der Waals surface area contributed by atoms with E-state index in [4.69, 9.17) is 0 Å². The molecule has 4 nitrogen and oxygen atoms in total. The van der Waals surface area contributed by atoms with Crippen molar-refractivity contribution in [2.45, 2.75) is 0 Å². The molecule has 0 saturated heterocycles. The lowest BCUT2D eigenvalue weighted by Gasteiger charge is -2.04. The fourth-order valence-electron chi connectivity index (χ4n) is 1.65. The highest BCUT2D eigenvalue weighted by molar-refractivity contribution is 7.12. The van der Waals surface area contributed by atoms with Crippen LogP contribution < -0.4 is 10.6 Å². The van der Waals surface area contributed by atoms with E-state index in [9.17, 15) is 9.59 Å². The maximum atomic E-state index is 11.6. The van der Waals surface area contributed by atoms with Gasteiger partial charge in [0.2, 0.25) is 5.91 Å². The molecule has 2 N–H and O–H groups in total. The maximum Gasteiger partial charge on any atom is 0.261 e. The van der Waals surface area contributed by atoms with E-state index in [1.54, 1.807) is 12.1 Å². The van der Waals surface area contributed by atoms with Gasteiger partial charge in [0.1, 0.15) is 0 Å². The third-order valence-corrected chi connectivity index (χ3v) is 3.55. The Balaban J connectivity index is 1.66. The molecule has 108 valence electrons. The second kappa shape index (κ2) is 8.01. The van der Waals surface area contributed by atoms with E-state index in [0.29, 0.717) is 18.0 Å². The Labute approximate surface area is 127 Å². The van der Waals surface area contributed by atoms with Gasteiger partial charge in [0, 0.05) is 19.2 Å². The molecule has 2 rings (SSSR count). The monoisotopic (exact) mass is 300 g/mol. The summed E-state index contributed by atoms with van der Waals surface area (Å²) >= 11 is 1.39. The first-order valence-electron chi connectivity index (χ1n) is 6.58. The van der Waals surface area contributed by atoms with Crippen LogP contribution in [0.3, 0.4) is 0 Å². The summed E-state index contributed by atoms with van der Waals surface area (Å²) in [7, 11) is 0. The van der Waals surface area contributed by atoms with Crippen LogP contribution in [0.1, 0.15) is 15.2 Å². The average molecular weight is 300 g/mol. The standard InChI is InChI=1S/C16H16N2O2S/c19-15(9-8-13-5-2-1-3-6-13)17-10-11-18-16(20)14-7-4-12-21-14/h1-9,12H,10-11H2,(H,17,19)(H,18,20)/b9-8+. The molecule has 5 heteroatoms. The molecule has 1 heterocycles. The summed E-state index contributed by atoms with van der Waals surface area (Å²) in [6, 6.07) is 13.2. The largest absolute Gasteiger partial charge is 0.351 e. The van der Waals surface area contributed by atoms with Gasteiger partial charge in [-0.2, -0.15) is 0 Å². The van der Waals surface area contributed by atoms with Crippen LogP contribution in [-0.2, 0) is 4.79 Å². The minimum Gasteiger partial charge on any atom is -0.351 e. The predicted octanol–water partition coefficient (Wildman–Crippen LogP) is 2.31. The summed E-state index contributed by atoms with van der Waals surface area (Å²) in [6.07, 6.45) is 3.23. The number of amides is 2. The average Bonchev–Trinajstić information content (AvgIpc) is 3.05. The van der Waals surface area contributed by atoms with E-state index >= 15 is 0 Å². The highest BCUT2D eigenvalue weighted by atomic mass is 32.1. The van der Waals surface area contributed by atoms with Crippen LogP contribution in [-0.4, -0.2) is 24.9 Å². The molecule has 0 aliphatic rings. The molecular weight excluding hydrogens is 284 g/mol. The Morgan fingerprint density at radius 1 is 1.00 bits per heavy atom. The van der Waals surface area contributed by atoms with Crippen LogP contribution in [0.25, 0.3) is 6.08 Å². The zero-order valence-electron chi connectivity index (χ0n) is 11.4. The molecule has 0 bridgehead atoms. The molecule has 0 radical (unpaired) electrons. The Bertz CT molecular complexity index is 606. The van der Waals surface area contributed by atoms with Crippen molar-refractivity contribution in [1.29, 1.82) is 0 Å². The Morgan fingerprint density at radius 2 is 1.76 bits per heavy atom. The smallest absolute Gasteiger partial charge is 0.261 e. The number of hydrogen-bond donors (Lipinski definition) is 2. The van der Waals surface area contributed by atoms with Crippen molar-refractivity contribution >= 4 is 29.2 Å². The van der Waals surface area contributed by atoms with Gasteiger partial charge >= 0.3 is 0 Å². The zero-order valence-corrected chi connectivity index (χ0v) is 12.2. The molecule has 2 aromatic rings. The van der Waals surface area contributed by atoms with Crippen molar-refractivity contribution in [2.75, 3.05) is 13.1 Å². The van der Waals surface area contributed by atoms with Crippen LogP contribution >= 0.6 is 11.3 Å². The van der Waals surface area contributed by atoms with Gasteiger partial charge in [-0.3, -0.25) is 9.59 Å². The lowest BCUT2D eigenvalue weighted by Crippen LogP contribution is -2.33. The Hall–Kier alpha value is -2.40. The van der Waals surface area contributed by atoms with Gasteiger partial charge in [-0.05, 0) is 23.1 Å². The lowest BCUT2D eigenvalue weighted by atomic mass is 10.2. The van der Waals surface area contributed by atoms with Crippen molar-refractivity contribution in [1.82, 2.24) is 10.6 Å². The second-order valence-electron chi connectivity index (χ2n) is 4.27. The number of nitrogens with one attached hydrogen (secondary N) is 2. The van der Waals surface area contributed by atoms with E-state index in [0.717, 1.165) is 5.56 Å². The molecule has 0 atom stereocenters. The summed E-state index contributed by atoms with van der Waals surface area (Å²) in [5.41, 5.74) is 0.971. The number of carbonyl (C=O) groups excluding carboxylic acids is 2. The van der Waals surface area contributed by atoms with E-state index in [-0.39, 0.29) is 11.8 Å². The van der Waals surface area contributed by atoms with Crippen LogP contribution in [0, 0.1) is 0 Å². The third-order valence-electron chi connectivity index (χ3n) is 2.68. The third kappa shape index (κ3) is 5.24. The van der Waals surface area contributed by atoms with E-state index in [1.807, 2.05) is 41.8 Å². The van der Waals surface area contributed by atoms with Crippen molar-refractivity contribution in [2.24, 2.45) is 0 Å². The second-order valence-corrected chi connectivity index (χ2v) is 5.22. The van der Waals surface area contributed by atoms with Crippen molar-refractivity contribution in [3.63, 3.8) is 0 Å². The molecule has 2 amide bonds. The van der Waals surface area contributed by atoms with Gasteiger partial charge in [-0.1, -0.05) is 36.4 Å². The molecule has 0 aliphatic heterocycles. The summed E-state index contributed by atoms with van der Waals surface area (Å²) in [6.45, 7) is 0.802. The lowest BCUT2D eigenvalue weighted by molar-refractivity contribution is -0.116. The first-order valence-corrected chi connectivity index (χ1v) is 7.46. The van der Waals surface area contributed by atoms with E-state index in [1.165, 1.54) is 17.4 Å². The first kappa shape index (κ1) is 15.0. The fraction of sp³-hybridized carbons (Fsp3) is 0.125. The molecule has 1 aromatic carbocycles. The minimum absolute atomic E-state index is 0.112. The normalized spacial score (nSPS) is 10.5. The van der Waals surface area contributed by atoms with Crippen molar-refractivity contribution in [3.8, 4) is 0 Å². The van der Waals surface area contributed by atoms with Gasteiger partial charge in [-0.25, -0.2) is 0 Å². The van der Waals surface area contributed by atoms with Gasteiger partial charge in [0.25, 0.3) is 5.91 Å². The first-order chi connectivity index (χ1) is 10.3. The topological polar surface area (TPSA) is 58.2 Å². The number of thiophene rings is 1. The van der Waals surface area contributed by atoms with Crippen LogP contribution in [0.5, 0.6) is 0 Å². The van der Waals surface area contributed by atoms with E-state index < -0.39 is 0 Å². The fourth-order valence-corrected chi connectivity index (χ4v) is 2.29. The van der Waals surface area contributed by atoms with Gasteiger partial charge < -0.3 is 10.6 Å². The molecule has 0 unspecified atom stereocenters. The van der Waals surface area contributed by atoms with Crippen molar-refractivity contribution in [3.05, 3.63) is 64.4 Å². The molecule has 0 aliphatic carbocycles. The molecule has 21 heavy (non-hydrogen) atoms. The maximum absolute atomic E-state index is 11.6. The number of carbonyl (C=O) groups is 2. The number of benzene rings is 1. The molecule has 0 spiro atoms. The van der Waals surface area contributed by atoms with Crippen LogP contribution in [0.2, 0.25) is 0 Å². The Kier molecular flexibility index (Phi) is 5.72. The van der Waals surface area contributed by atoms with Crippen molar-refractivity contribution < 1.29 is 9.59 Å². The SMILES string of the molecule is O=C(/C=C/c1ccccc1)NCCNC(=O)c1cccs1.